The Hall–Kier alpha value is -0.200. The minimum absolute atomic E-state index is 0.105. The van der Waals surface area contributed by atoms with Crippen LogP contribution in [-0.2, 0) is 14.2 Å². The standard InChI is InChI=1S/C9H19NO4/c1-5-6(10-2)7(11)8(12-3)9(13-4)14-5/h5-11H,1-4H3/t5?,6-,7?,8+,9-/m1/s1. The van der Waals surface area contributed by atoms with Gasteiger partial charge in [-0.1, -0.05) is 0 Å². The number of aliphatic hydroxyl groups excluding tert-OH is 1. The summed E-state index contributed by atoms with van der Waals surface area (Å²) in [5.41, 5.74) is 0. The smallest absolute Gasteiger partial charge is 0.186 e. The fourth-order valence-corrected chi connectivity index (χ4v) is 1.86. The Morgan fingerprint density at radius 1 is 1.29 bits per heavy atom. The predicted octanol–water partition coefficient (Wildman–Crippen LogP) is -0.659. The Morgan fingerprint density at radius 2 is 1.93 bits per heavy atom. The summed E-state index contributed by atoms with van der Waals surface area (Å²) in [6.45, 7) is 1.89. The monoisotopic (exact) mass is 205 g/mol. The van der Waals surface area contributed by atoms with Gasteiger partial charge in [0.1, 0.15) is 12.2 Å². The molecule has 1 aliphatic heterocycles. The van der Waals surface area contributed by atoms with Gasteiger partial charge in [-0.25, -0.2) is 0 Å². The van der Waals surface area contributed by atoms with Crippen LogP contribution in [0.3, 0.4) is 0 Å². The van der Waals surface area contributed by atoms with Crippen molar-refractivity contribution in [3.8, 4) is 0 Å². The highest BCUT2D eigenvalue weighted by molar-refractivity contribution is 4.92. The molecule has 0 aromatic heterocycles. The molecule has 2 unspecified atom stereocenters. The molecule has 1 rings (SSSR count). The molecule has 0 bridgehead atoms. The van der Waals surface area contributed by atoms with Crippen molar-refractivity contribution in [1.29, 1.82) is 0 Å². The minimum atomic E-state index is -0.626. The van der Waals surface area contributed by atoms with Crippen LogP contribution in [0.2, 0.25) is 0 Å². The van der Waals surface area contributed by atoms with Gasteiger partial charge in [0.2, 0.25) is 0 Å². The van der Waals surface area contributed by atoms with Gasteiger partial charge in [0.15, 0.2) is 6.29 Å². The summed E-state index contributed by atoms with van der Waals surface area (Å²) in [6.07, 6.45) is -1.69. The van der Waals surface area contributed by atoms with E-state index >= 15 is 0 Å². The lowest BCUT2D eigenvalue weighted by molar-refractivity contribution is -0.269. The maximum absolute atomic E-state index is 9.95. The van der Waals surface area contributed by atoms with Gasteiger partial charge in [-0.2, -0.15) is 0 Å². The maximum Gasteiger partial charge on any atom is 0.186 e. The Bertz CT molecular complexity index is 178. The molecule has 5 nitrogen and oxygen atoms in total. The first-order chi connectivity index (χ1) is 6.65. The van der Waals surface area contributed by atoms with E-state index in [1.165, 1.54) is 14.2 Å². The molecule has 0 radical (unpaired) electrons. The number of likely N-dealkylation sites (N-methyl/N-ethyl adjacent to an activating group) is 1. The second-order valence-electron chi connectivity index (χ2n) is 3.45. The van der Waals surface area contributed by atoms with E-state index in [-0.39, 0.29) is 12.1 Å². The zero-order chi connectivity index (χ0) is 10.7. The van der Waals surface area contributed by atoms with Gasteiger partial charge in [0.05, 0.1) is 12.1 Å². The van der Waals surface area contributed by atoms with Crippen LogP contribution in [0.4, 0.5) is 0 Å². The van der Waals surface area contributed by atoms with E-state index in [9.17, 15) is 5.11 Å². The Morgan fingerprint density at radius 3 is 2.36 bits per heavy atom. The van der Waals surface area contributed by atoms with Crippen molar-refractivity contribution in [2.75, 3.05) is 21.3 Å². The fourth-order valence-electron chi connectivity index (χ4n) is 1.86. The molecular formula is C9H19NO4. The molecule has 1 heterocycles. The largest absolute Gasteiger partial charge is 0.388 e. The van der Waals surface area contributed by atoms with E-state index in [0.717, 1.165) is 0 Å². The van der Waals surface area contributed by atoms with E-state index in [1.54, 1.807) is 7.05 Å². The van der Waals surface area contributed by atoms with Gasteiger partial charge >= 0.3 is 0 Å². The number of aliphatic hydroxyl groups is 1. The van der Waals surface area contributed by atoms with Gasteiger partial charge in [-0.3, -0.25) is 0 Å². The van der Waals surface area contributed by atoms with Gasteiger partial charge in [0, 0.05) is 14.2 Å². The third-order valence-corrected chi connectivity index (χ3v) is 2.67. The maximum atomic E-state index is 9.95. The van der Waals surface area contributed by atoms with Crippen molar-refractivity contribution in [3.05, 3.63) is 0 Å². The molecule has 1 saturated heterocycles. The van der Waals surface area contributed by atoms with Gasteiger partial charge in [-0.15, -0.1) is 0 Å². The van der Waals surface area contributed by atoms with Crippen LogP contribution in [0, 0.1) is 0 Å². The molecule has 1 aliphatic rings. The number of nitrogens with one attached hydrogen (secondary N) is 1. The molecular weight excluding hydrogens is 186 g/mol. The van der Waals surface area contributed by atoms with Gasteiger partial charge in [-0.05, 0) is 14.0 Å². The molecule has 0 saturated carbocycles. The summed E-state index contributed by atoms with van der Waals surface area (Å²) in [5.74, 6) is 0. The topological polar surface area (TPSA) is 60.0 Å². The van der Waals surface area contributed by atoms with Crippen LogP contribution in [0.5, 0.6) is 0 Å². The predicted molar refractivity (Wildman–Crippen MR) is 51.0 cm³/mol. The quantitative estimate of drug-likeness (QED) is 0.640. The number of ether oxygens (including phenoxy) is 3. The molecule has 84 valence electrons. The number of hydrogen-bond acceptors (Lipinski definition) is 5. The van der Waals surface area contributed by atoms with Crippen LogP contribution < -0.4 is 5.32 Å². The van der Waals surface area contributed by atoms with Gasteiger partial charge in [0.25, 0.3) is 0 Å². The van der Waals surface area contributed by atoms with Crippen molar-refractivity contribution < 1.29 is 19.3 Å². The third kappa shape index (κ3) is 2.07. The van der Waals surface area contributed by atoms with Crippen molar-refractivity contribution >= 4 is 0 Å². The first kappa shape index (κ1) is 11.9. The SMILES string of the molecule is CN[C@@H]1C(C)O[C@@H](OC)[C@@H](OC)C1O. The number of rotatable bonds is 3. The molecule has 5 atom stereocenters. The highest BCUT2D eigenvalue weighted by atomic mass is 16.7. The lowest BCUT2D eigenvalue weighted by Crippen LogP contribution is -2.61. The lowest BCUT2D eigenvalue weighted by atomic mass is 9.97. The van der Waals surface area contributed by atoms with E-state index < -0.39 is 18.5 Å². The summed E-state index contributed by atoms with van der Waals surface area (Å²) in [4.78, 5) is 0. The van der Waals surface area contributed by atoms with E-state index in [0.29, 0.717) is 0 Å². The van der Waals surface area contributed by atoms with Crippen LogP contribution in [0.15, 0.2) is 0 Å². The van der Waals surface area contributed by atoms with Crippen LogP contribution in [0.25, 0.3) is 0 Å². The molecule has 0 amide bonds. The zero-order valence-corrected chi connectivity index (χ0v) is 9.06. The molecule has 0 spiro atoms. The first-order valence-electron chi connectivity index (χ1n) is 4.72. The summed E-state index contributed by atoms with van der Waals surface area (Å²) in [5, 5.41) is 13.0. The van der Waals surface area contributed by atoms with Crippen molar-refractivity contribution in [2.45, 2.75) is 37.6 Å². The van der Waals surface area contributed by atoms with Crippen molar-refractivity contribution in [1.82, 2.24) is 5.32 Å². The zero-order valence-electron chi connectivity index (χ0n) is 9.06. The van der Waals surface area contributed by atoms with Gasteiger partial charge < -0.3 is 24.6 Å². The van der Waals surface area contributed by atoms with Crippen LogP contribution in [0.1, 0.15) is 6.92 Å². The summed E-state index contributed by atoms with van der Waals surface area (Å²) < 4.78 is 15.8. The third-order valence-electron chi connectivity index (χ3n) is 2.67. The Balaban J connectivity index is 2.72. The highest BCUT2D eigenvalue weighted by Crippen LogP contribution is 2.22. The molecule has 0 aliphatic carbocycles. The summed E-state index contributed by atoms with van der Waals surface area (Å²) in [6, 6.07) is -0.133. The molecule has 5 heteroatoms. The van der Waals surface area contributed by atoms with Crippen LogP contribution in [-0.4, -0.2) is 57.0 Å². The fraction of sp³-hybridized carbons (Fsp3) is 1.00. The molecule has 1 fully saturated rings. The summed E-state index contributed by atoms with van der Waals surface area (Å²) >= 11 is 0. The Labute approximate surface area is 84.3 Å². The summed E-state index contributed by atoms with van der Waals surface area (Å²) in [7, 11) is 4.86. The highest BCUT2D eigenvalue weighted by Gasteiger charge is 2.43. The number of methoxy groups -OCH3 is 2. The van der Waals surface area contributed by atoms with E-state index in [2.05, 4.69) is 5.32 Å². The van der Waals surface area contributed by atoms with E-state index in [1.807, 2.05) is 6.92 Å². The second kappa shape index (κ2) is 5.04. The second-order valence-corrected chi connectivity index (χ2v) is 3.45. The molecule has 0 aromatic carbocycles. The number of hydrogen-bond donors (Lipinski definition) is 2. The normalized spacial score (nSPS) is 43.9. The van der Waals surface area contributed by atoms with Crippen LogP contribution >= 0.6 is 0 Å². The average molecular weight is 205 g/mol. The lowest BCUT2D eigenvalue weighted by Gasteiger charge is -2.42. The molecule has 2 N–H and O–H groups in total. The molecule has 14 heavy (non-hydrogen) atoms. The Kier molecular flexibility index (Phi) is 4.28. The molecule has 0 aromatic rings. The van der Waals surface area contributed by atoms with Crippen molar-refractivity contribution in [3.63, 3.8) is 0 Å². The van der Waals surface area contributed by atoms with Crippen molar-refractivity contribution in [2.24, 2.45) is 0 Å². The average Bonchev–Trinajstić information content (AvgIpc) is 2.17. The minimum Gasteiger partial charge on any atom is -0.388 e. The van der Waals surface area contributed by atoms with E-state index in [4.69, 9.17) is 14.2 Å². The first-order valence-corrected chi connectivity index (χ1v) is 4.72.